The number of para-hydroxylation sites is 1. The highest BCUT2D eigenvalue weighted by atomic mass is 32.1. The molecule has 1 N–H and O–H groups in total. The minimum Gasteiger partial charge on any atom is -0.496 e. The minimum absolute atomic E-state index is 0.255. The van der Waals surface area contributed by atoms with Crippen LogP contribution in [-0.4, -0.2) is 61.6 Å². The molecule has 0 spiro atoms. The summed E-state index contributed by atoms with van der Waals surface area (Å²) in [6.07, 6.45) is 2.51. The fraction of sp³-hybridized carbons (Fsp3) is 0.524. The molecule has 1 atom stereocenters. The number of thiazole rings is 1. The molecular weight excluding hydrogens is 370 g/mol. The summed E-state index contributed by atoms with van der Waals surface area (Å²) in [5, 5.41) is 6.78. The van der Waals surface area contributed by atoms with Gasteiger partial charge in [-0.3, -0.25) is 9.89 Å². The molecule has 6 nitrogen and oxygen atoms in total. The van der Waals surface area contributed by atoms with Crippen LogP contribution in [0.3, 0.4) is 0 Å². The maximum absolute atomic E-state index is 5.65. The van der Waals surface area contributed by atoms with Gasteiger partial charge in [-0.05, 0) is 38.9 Å². The third kappa shape index (κ3) is 5.02. The Morgan fingerprint density at radius 2 is 2.11 bits per heavy atom. The van der Waals surface area contributed by atoms with Gasteiger partial charge in [0.25, 0.3) is 0 Å². The summed E-state index contributed by atoms with van der Waals surface area (Å²) in [6, 6.07) is 8.59. The van der Waals surface area contributed by atoms with E-state index in [1.54, 1.807) is 18.4 Å². The number of hydrogen-bond donors (Lipinski definition) is 1. The lowest BCUT2D eigenvalue weighted by atomic mass is 10.0. The number of aromatic nitrogens is 1. The molecule has 1 aromatic carbocycles. The van der Waals surface area contributed by atoms with Crippen LogP contribution in [-0.2, 0) is 6.54 Å². The Morgan fingerprint density at radius 1 is 1.36 bits per heavy atom. The number of guanidine groups is 1. The van der Waals surface area contributed by atoms with E-state index < -0.39 is 0 Å². The van der Waals surface area contributed by atoms with Crippen LogP contribution >= 0.6 is 11.3 Å². The standard InChI is InChI=1S/C21H31N5OS/c1-16-24-17(15-28-16)14-25(3)21(22-2)23-13-19(26-11-7-8-12-26)18-9-5-6-10-20(18)27-4/h5-6,9-10,15,19H,7-8,11-14H2,1-4H3,(H,22,23). The van der Waals surface area contributed by atoms with Crippen LogP contribution < -0.4 is 10.1 Å². The fourth-order valence-electron chi connectivity index (χ4n) is 3.80. The van der Waals surface area contributed by atoms with Gasteiger partial charge < -0.3 is 15.0 Å². The molecule has 3 rings (SSSR count). The molecule has 0 radical (unpaired) electrons. The molecule has 2 heterocycles. The van der Waals surface area contributed by atoms with Crippen molar-refractivity contribution in [3.63, 3.8) is 0 Å². The van der Waals surface area contributed by atoms with Crippen LogP contribution in [0.15, 0.2) is 34.6 Å². The first-order valence-corrected chi connectivity index (χ1v) is 10.7. The number of nitrogens with zero attached hydrogens (tertiary/aromatic N) is 4. The first kappa shape index (κ1) is 20.6. The number of benzene rings is 1. The number of aliphatic imine (C=N–C) groups is 1. The van der Waals surface area contributed by atoms with Crippen LogP contribution in [0.2, 0.25) is 0 Å². The van der Waals surface area contributed by atoms with E-state index in [2.05, 4.69) is 49.7 Å². The molecule has 1 fully saturated rings. The Labute approximate surface area is 172 Å². The van der Waals surface area contributed by atoms with Crippen LogP contribution in [0.4, 0.5) is 0 Å². The summed E-state index contributed by atoms with van der Waals surface area (Å²) in [5.41, 5.74) is 2.31. The normalized spacial score (nSPS) is 16.2. The zero-order valence-corrected chi connectivity index (χ0v) is 18.1. The van der Waals surface area contributed by atoms with Gasteiger partial charge in [0.15, 0.2) is 5.96 Å². The predicted octanol–water partition coefficient (Wildman–Crippen LogP) is 3.30. The van der Waals surface area contributed by atoms with Crippen molar-refractivity contribution in [2.24, 2.45) is 4.99 Å². The second-order valence-electron chi connectivity index (χ2n) is 7.14. The summed E-state index contributed by atoms with van der Waals surface area (Å²) in [7, 11) is 5.63. The van der Waals surface area contributed by atoms with Gasteiger partial charge in [0.1, 0.15) is 5.75 Å². The zero-order chi connectivity index (χ0) is 19.9. The van der Waals surface area contributed by atoms with Crippen molar-refractivity contribution in [2.45, 2.75) is 32.4 Å². The lowest BCUT2D eigenvalue weighted by Crippen LogP contribution is -2.43. The molecule has 0 aliphatic carbocycles. The highest BCUT2D eigenvalue weighted by Crippen LogP contribution is 2.31. The topological polar surface area (TPSA) is 53.0 Å². The predicted molar refractivity (Wildman–Crippen MR) is 116 cm³/mol. The highest BCUT2D eigenvalue weighted by Gasteiger charge is 2.26. The summed E-state index contributed by atoms with van der Waals surface area (Å²) >= 11 is 1.68. The maximum atomic E-state index is 5.65. The fourth-order valence-corrected chi connectivity index (χ4v) is 4.41. The highest BCUT2D eigenvalue weighted by molar-refractivity contribution is 7.09. The van der Waals surface area contributed by atoms with Gasteiger partial charge in [0.2, 0.25) is 0 Å². The molecule has 1 unspecified atom stereocenters. The number of aryl methyl sites for hydroxylation is 1. The quantitative estimate of drug-likeness (QED) is 0.570. The van der Waals surface area contributed by atoms with E-state index in [0.717, 1.165) is 48.6 Å². The molecule has 0 bridgehead atoms. The van der Waals surface area contributed by atoms with Crippen LogP contribution in [0, 0.1) is 6.92 Å². The number of nitrogens with one attached hydrogen (secondary N) is 1. The largest absolute Gasteiger partial charge is 0.496 e. The second kappa shape index (κ2) is 9.89. The van der Waals surface area contributed by atoms with Crippen molar-refractivity contribution in [3.05, 3.63) is 45.9 Å². The van der Waals surface area contributed by atoms with Crippen molar-refractivity contribution < 1.29 is 4.74 Å². The van der Waals surface area contributed by atoms with Crippen molar-refractivity contribution in [2.75, 3.05) is 40.8 Å². The van der Waals surface area contributed by atoms with Gasteiger partial charge >= 0.3 is 0 Å². The molecule has 7 heteroatoms. The SMILES string of the molecule is CN=C(NCC(c1ccccc1OC)N1CCCC1)N(C)Cc1csc(C)n1. The summed E-state index contributed by atoms with van der Waals surface area (Å²) in [4.78, 5) is 13.7. The first-order chi connectivity index (χ1) is 13.6. The Morgan fingerprint density at radius 3 is 2.75 bits per heavy atom. The van der Waals surface area contributed by atoms with E-state index in [9.17, 15) is 0 Å². The van der Waals surface area contributed by atoms with E-state index in [4.69, 9.17) is 4.74 Å². The first-order valence-electron chi connectivity index (χ1n) is 9.82. The lowest BCUT2D eigenvalue weighted by Gasteiger charge is -2.31. The molecule has 0 amide bonds. The molecule has 0 saturated carbocycles. The average molecular weight is 402 g/mol. The van der Waals surface area contributed by atoms with Gasteiger partial charge in [0.05, 0.1) is 30.4 Å². The molecule has 2 aromatic rings. The Balaban J connectivity index is 1.71. The number of methoxy groups -OCH3 is 1. The van der Waals surface area contributed by atoms with Crippen LogP contribution in [0.5, 0.6) is 5.75 Å². The monoisotopic (exact) mass is 401 g/mol. The van der Waals surface area contributed by atoms with Crippen LogP contribution in [0.25, 0.3) is 0 Å². The van der Waals surface area contributed by atoms with Crippen LogP contribution in [0.1, 0.15) is 35.1 Å². The van der Waals surface area contributed by atoms with Gasteiger partial charge in [0, 0.05) is 31.6 Å². The Bertz CT molecular complexity index is 785. The Kier molecular flexibility index (Phi) is 7.28. The third-order valence-corrected chi connectivity index (χ3v) is 5.99. The van der Waals surface area contributed by atoms with E-state index in [-0.39, 0.29) is 6.04 Å². The number of hydrogen-bond acceptors (Lipinski definition) is 5. The minimum atomic E-state index is 0.255. The molecule has 1 aliphatic heterocycles. The molecule has 1 saturated heterocycles. The number of likely N-dealkylation sites (tertiary alicyclic amines) is 1. The second-order valence-corrected chi connectivity index (χ2v) is 8.21. The van der Waals surface area contributed by atoms with Gasteiger partial charge in [-0.2, -0.15) is 0 Å². The van der Waals surface area contributed by atoms with Gasteiger partial charge in [-0.1, -0.05) is 18.2 Å². The van der Waals surface area contributed by atoms with Crippen molar-refractivity contribution in [3.8, 4) is 5.75 Å². The smallest absolute Gasteiger partial charge is 0.193 e. The van der Waals surface area contributed by atoms with E-state index in [0.29, 0.717) is 0 Å². The molecule has 28 heavy (non-hydrogen) atoms. The van der Waals surface area contributed by atoms with Crippen molar-refractivity contribution in [1.82, 2.24) is 20.1 Å². The van der Waals surface area contributed by atoms with E-state index in [1.165, 1.54) is 18.4 Å². The third-order valence-electron chi connectivity index (χ3n) is 5.17. The number of rotatable bonds is 7. The number of ether oxygens (including phenoxy) is 1. The average Bonchev–Trinajstić information content (AvgIpc) is 3.37. The summed E-state index contributed by atoms with van der Waals surface area (Å²) in [5.74, 6) is 1.83. The zero-order valence-electron chi connectivity index (χ0n) is 17.3. The lowest BCUT2D eigenvalue weighted by molar-refractivity contribution is 0.238. The molecular formula is C21H31N5OS. The van der Waals surface area contributed by atoms with E-state index >= 15 is 0 Å². The summed E-state index contributed by atoms with van der Waals surface area (Å²) in [6.45, 7) is 5.81. The van der Waals surface area contributed by atoms with E-state index in [1.807, 2.05) is 26.1 Å². The van der Waals surface area contributed by atoms with Crippen molar-refractivity contribution >= 4 is 17.3 Å². The van der Waals surface area contributed by atoms with Gasteiger partial charge in [-0.25, -0.2) is 4.98 Å². The van der Waals surface area contributed by atoms with Crippen molar-refractivity contribution in [1.29, 1.82) is 0 Å². The maximum Gasteiger partial charge on any atom is 0.193 e. The van der Waals surface area contributed by atoms with Gasteiger partial charge in [-0.15, -0.1) is 11.3 Å². The molecule has 152 valence electrons. The summed E-state index contributed by atoms with van der Waals surface area (Å²) < 4.78 is 5.65. The molecule has 1 aromatic heterocycles. The Hall–Kier alpha value is -2.12. The molecule has 1 aliphatic rings.